The van der Waals surface area contributed by atoms with Crippen LogP contribution in [0.15, 0.2) is 18.2 Å². The van der Waals surface area contributed by atoms with Crippen molar-refractivity contribution in [2.75, 3.05) is 32.1 Å². The van der Waals surface area contributed by atoms with Crippen molar-refractivity contribution in [2.45, 2.75) is 13.3 Å². The summed E-state index contributed by atoms with van der Waals surface area (Å²) in [4.78, 5) is 25.3. The molecule has 1 aromatic rings. The molecule has 0 bridgehead atoms. The van der Waals surface area contributed by atoms with E-state index in [1.807, 2.05) is 13.0 Å². The number of carbonyl (C=O) groups excluding carboxylic acids is 1. The van der Waals surface area contributed by atoms with Crippen LogP contribution in [0, 0.1) is 21.4 Å². The summed E-state index contributed by atoms with van der Waals surface area (Å²) < 4.78 is 0. The van der Waals surface area contributed by atoms with Crippen LogP contribution in [0.25, 0.3) is 0 Å². The fourth-order valence-corrected chi connectivity index (χ4v) is 1.86. The van der Waals surface area contributed by atoms with E-state index < -0.39 is 4.92 Å². The van der Waals surface area contributed by atoms with E-state index >= 15 is 0 Å². The van der Waals surface area contributed by atoms with Gasteiger partial charge < -0.3 is 9.80 Å². The van der Waals surface area contributed by atoms with Gasteiger partial charge in [-0.05, 0) is 12.5 Å². The van der Waals surface area contributed by atoms with Crippen LogP contribution in [0.2, 0.25) is 0 Å². The molecular formula is C14H18N4O3. The summed E-state index contributed by atoms with van der Waals surface area (Å²) in [6.07, 6.45) is 0.794. The Hall–Kier alpha value is -2.62. The topological polar surface area (TPSA) is 90.5 Å². The number of hydrogen-bond donors (Lipinski definition) is 0. The van der Waals surface area contributed by atoms with E-state index in [0.29, 0.717) is 12.2 Å². The molecular weight excluding hydrogens is 272 g/mol. The van der Waals surface area contributed by atoms with Crippen LogP contribution < -0.4 is 4.90 Å². The van der Waals surface area contributed by atoms with Crippen molar-refractivity contribution in [3.05, 3.63) is 33.9 Å². The van der Waals surface area contributed by atoms with Crippen molar-refractivity contribution in [3.8, 4) is 6.07 Å². The van der Waals surface area contributed by atoms with Crippen molar-refractivity contribution >= 4 is 17.3 Å². The van der Waals surface area contributed by atoms with E-state index in [1.54, 1.807) is 19.0 Å². The van der Waals surface area contributed by atoms with Gasteiger partial charge in [0.2, 0.25) is 5.91 Å². The largest absolute Gasteiger partial charge is 0.361 e. The normalized spacial score (nSPS) is 9.81. The molecule has 21 heavy (non-hydrogen) atoms. The summed E-state index contributed by atoms with van der Waals surface area (Å²) >= 11 is 0. The van der Waals surface area contributed by atoms with Gasteiger partial charge >= 0.3 is 0 Å². The summed E-state index contributed by atoms with van der Waals surface area (Å²) in [5, 5.41) is 20.0. The van der Waals surface area contributed by atoms with Gasteiger partial charge in [0.15, 0.2) is 0 Å². The van der Waals surface area contributed by atoms with Gasteiger partial charge in [0.05, 0.1) is 22.7 Å². The third kappa shape index (κ3) is 4.18. The lowest BCUT2D eigenvalue weighted by Gasteiger charge is -2.26. The first-order valence-electron chi connectivity index (χ1n) is 6.54. The molecule has 0 saturated carbocycles. The number of rotatable bonds is 6. The Bertz CT molecular complexity index is 578. The molecule has 0 N–H and O–H groups in total. The summed E-state index contributed by atoms with van der Waals surface area (Å²) in [5.41, 5.74) is 0.607. The molecule has 0 atom stereocenters. The first kappa shape index (κ1) is 16.4. The number of benzene rings is 1. The second kappa shape index (κ2) is 7.24. The molecule has 0 radical (unpaired) electrons. The van der Waals surface area contributed by atoms with Crippen LogP contribution in [0.5, 0.6) is 0 Å². The summed E-state index contributed by atoms with van der Waals surface area (Å²) in [6.45, 7) is 2.68. The number of nitriles is 1. The summed E-state index contributed by atoms with van der Waals surface area (Å²) in [7, 11) is 3.32. The highest BCUT2D eigenvalue weighted by atomic mass is 16.6. The van der Waals surface area contributed by atoms with Crippen LogP contribution in [0.4, 0.5) is 11.4 Å². The molecule has 0 spiro atoms. The van der Waals surface area contributed by atoms with E-state index in [-0.39, 0.29) is 23.7 Å². The lowest BCUT2D eigenvalue weighted by Crippen LogP contribution is -2.37. The molecule has 1 amide bonds. The Morgan fingerprint density at radius 3 is 2.57 bits per heavy atom. The lowest BCUT2D eigenvalue weighted by molar-refractivity contribution is -0.384. The Kier molecular flexibility index (Phi) is 5.67. The van der Waals surface area contributed by atoms with Gasteiger partial charge in [-0.15, -0.1) is 0 Å². The Labute approximate surface area is 123 Å². The maximum absolute atomic E-state index is 11.9. The molecule has 1 rings (SSSR count). The van der Waals surface area contributed by atoms with Crippen molar-refractivity contribution in [3.63, 3.8) is 0 Å². The third-order valence-corrected chi connectivity index (χ3v) is 2.97. The van der Waals surface area contributed by atoms with Crippen molar-refractivity contribution in [1.29, 1.82) is 5.26 Å². The molecule has 0 aromatic heterocycles. The van der Waals surface area contributed by atoms with Crippen LogP contribution >= 0.6 is 0 Å². The van der Waals surface area contributed by atoms with E-state index in [2.05, 4.69) is 0 Å². The van der Waals surface area contributed by atoms with Gasteiger partial charge in [0, 0.05) is 32.8 Å². The fraction of sp³-hybridized carbons (Fsp3) is 0.429. The monoisotopic (exact) mass is 290 g/mol. The zero-order valence-corrected chi connectivity index (χ0v) is 12.4. The number of anilines is 1. The van der Waals surface area contributed by atoms with E-state index in [9.17, 15) is 20.2 Å². The standard InChI is InChI=1S/C14H18N4O3/c1-4-7-17(10-14(19)16(2)3)13-6-5-12(18(20)21)8-11(13)9-15/h5-6,8H,4,7,10H2,1-3H3. The molecule has 7 heteroatoms. The number of nitro groups is 1. The lowest BCUT2D eigenvalue weighted by atomic mass is 10.1. The maximum atomic E-state index is 11.9. The average Bonchev–Trinajstić information content (AvgIpc) is 2.45. The highest BCUT2D eigenvalue weighted by molar-refractivity contribution is 5.82. The molecule has 0 unspecified atom stereocenters. The average molecular weight is 290 g/mol. The Morgan fingerprint density at radius 1 is 1.43 bits per heavy atom. The molecule has 0 aliphatic rings. The number of nitrogens with zero attached hydrogens (tertiary/aromatic N) is 4. The molecule has 0 fully saturated rings. The van der Waals surface area contributed by atoms with Gasteiger partial charge in [-0.1, -0.05) is 6.92 Å². The van der Waals surface area contributed by atoms with Gasteiger partial charge in [-0.3, -0.25) is 14.9 Å². The number of nitro benzene ring substituents is 1. The van der Waals surface area contributed by atoms with E-state index in [0.717, 1.165) is 6.42 Å². The van der Waals surface area contributed by atoms with Gasteiger partial charge in [-0.2, -0.15) is 5.26 Å². The molecule has 1 aromatic carbocycles. The SMILES string of the molecule is CCCN(CC(=O)N(C)C)c1ccc([N+](=O)[O-])cc1C#N. The summed E-state index contributed by atoms with van der Waals surface area (Å²) in [6, 6.07) is 6.06. The Balaban J connectivity index is 3.16. The molecule has 0 aliphatic carbocycles. The zero-order chi connectivity index (χ0) is 16.0. The van der Waals surface area contributed by atoms with Crippen molar-refractivity contribution in [2.24, 2.45) is 0 Å². The fourth-order valence-electron chi connectivity index (χ4n) is 1.86. The quantitative estimate of drug-likeness (QED) is 0.588. The van der Waals surface area contributed by atoms with Gasteiger partial charge in [0.1, 0.15) is 6.07 Å². The first-order chi connectivity index (χ1) is 9.90. The predicted molar refractivity (Wildman–Crippen MR) is 79.0 cm³/mol. The number of likely N-dealkylation sites (N-methyl/N-ethyl adjacent to an activating group) is 1. The molecule has 0 heterocycles. The molecule has 112 valence electrons. The Morgan fingerprint density at radius 2 is 2.10 bits per heavy atom. The second-order valence-corrected chi connectivity index (χ2v) is 4.78. The van der Waals surface area contributed by atoms with Crippen molar-refractivity contribution < 1.29 is 9.72 Å². The van der Waals surface area contributed by atoms with Crippen LogP contribution in [-0.4, -0.2) is 42.9 Å². The number of amides is 1. The smallest absolute Gasteiger partial charge is 0.270 e. The number of hydrogen-bond acceptors (Lipinski definition) is 5. The molecule has 7 nitrogen and oxygen atoms in total. The second-order valence-electron chi connectivity index (χ2n) is 4.78. The highest BCUT2D eigenvalue weighted by Crippen LogP contribution is 2.25. The number of non-ortho nitro benzene ring substituents is 1. The predicted octanol–water partition coefficient (Wildman–Crippen LogP) is 1.77. The minimum Gasteiger partial charge on any atom is -0.361 e. The first-order valence-corrected chi connectivity index (χ1v) is 6.54. The maximum Gasteiger partial charge on any atom is 0.270 e. The zero-order valence-electron chi connectivity index (χ0n) is 12.4. The minimum atomic E-state index is -0.542. The van der Waals surface area contributed by atoms with Crippen LogP contribution in [-0.2, 0) is 4.79 Å². The van der Waals surface area contributed by atoms with Crippen LogP contribution in [0.1, 0.15) is 18.9 Å². The van der Waals surface area contributed by atoms with E-state index in [1.165, 1.54) is 23.1 Å². The van der Waals surface area contributed by atoms with Crippen molar-refractivity contribution in [1.82, 2.24) is 4.90 Å². The molecule has 0 aliphatic heterocycles. The van der Waals surface area contributed by atoms with Gasteiger partial charge in [0.25, 0.3) is 5.69 Å². The highest BCUT2D eigenvalue weighted by Gasteiger charge is 2.18. The molecule has 0 saturated heterocycles. The van der Waals surface area contributed by atoms with Gasteiger partial charge in [-0.25, -0.2) is 0 Å². The van der Waals surface area contributed by atoms with Crippen LogP contribution in [0.3, 0.4) is 0 Å². The number of carbonyl (C=O) groups is 1. The third-order valence-electron chi connectivity index (χ3n) is 2.97. The minimum absolute atomic E-state index is 0.0920. The van der Waals surface area contributed by atoms with E-state index in [4.69, 9.17) is 0 Å². The summed E-state index contributed by atoms with van der Waals surface area (Å²) in [5.74, 6) is -0.0920.